The molecule has 4 rings (SSSR count). The van der Waals surface area contributed by atoms with E-state index >= 15 is 0 Å². The molecule has 4 nitrogen and oxygen atoms in total. The first-order chi connectivity index (χ1) is 10.3. The van der Waals surface area contributed by atoms with Gasteiger partial charge in [-0.05, 0) is 37.3 Å². The summed E-state index contributed by atoms with van der Waals surface area (Å²) in [5, 5.41) is 5.48. The monoisotopic (exact) mass is 281 g/mol. The van der Waals surface area contributed by atoms with Crippen molar-refractivity contribution in [3.05, 3.63) is 42.2 Å². The van der Waals surface area contributed by atoms with Gasteiger partial charge in [0.2, 0.25) is 0 Å². The second kappa shape index (κ2) is 5.11. The summed E-state index contributed by atoms with van der Waals surface area (Å²) < 4.78 is 0. The highest BCUT2D eigenvalue weighted by Gasteiger charge is 2.39. The van der Waals surface area contributed by atoms with Crippen LogP contribution in [0.5, 0.6) is 0 Å². The summed E-state index contributed by atoms with van der Waals surface area (Å²) in [4.78, 5) is 19.6. The van der Waals surface area contributed by atoms with Crippen LogP contribution in [0.3, 0.4) is 0 Å². The van der Waals surface area contributed by atoms with E-state index in [1.54, 1.807) is 6.20 Å². The number of rotatable bonds is 1. The molecule has 2 fully saturated rings. The molecule has 2 atom stereocenters. The van der Waals surface area contributed by atoms with Gasteiger partial charge in [-0.3, -0.25) is 9.78 Å². The SMILES string of the molecule is O=C(c1nccc2ccccc12)N1C2CCNCC1CC2. The van der Waals surface area contributed by atoms with Gasteiger partial charge in [-0.2, -0.15) is 0 Å². The molecule has 2 aliphatic heterocycles. The average molecular weight is 281 g/mol. The lowest BCUT2D eigenvalue weighted by Crippen LogP contribution is -2.42. The van der Waals surface area contributed by atoms with Crippen molar-refractivity contribution in [3.63, 3.8) is 0 Å². The lowest BCUT2D eigenvalue weighted by Gasteiger charge is -2.27. The van der Waals surface area contributed by atoms with Crippen molar-refractivity contribution in [2.45, 2.75) is 31.3 Å². The normalized spacial score (nSPS) is 25.0. The maximum Gasteiger partial charge on any atom is 0.273 e. The molecule has 4 heteroatoms. The molecular formula is C17H19N3O. The van der Waals surface area contributed by atoms with E-state index in [4.69, 9.17) is 0 Å². The van der Waals surface area contributed by atoms with Gasteiger partial charge >= 0.3 is 0 Å². The van der Waals surface area contributed by atoms with Crippen molar-refractivity contribution in [2.75, 3.05) is 13.1 Å². The second-order valence-electron chi connectivity index (χ2n) is 5.97. The van der Waals surface area contributed by atoms with Gasteiger partial charge in [0.05, 0.1) is 0 Å². The number of carbonyl (C=O) groups is 1. The summed E-state index contributed by atoms with van der Waals surface area (Å²) in [5.74, 6) is 0.100. The molecular weight excluding hydrogens is 262 g/mol. The van der Waals surface area contributed by atoms with Crippen molar-refractivity contribution in [2.24, 2.45) is 0 Å². The molecule has 1 amide bonds. The van der Waals surface area contributed by atoms with E-state index in [-0.39, 0.29) is 5.91 Å². The summed E-state index contributed by atoms with van der Waals surface area (Å²) >= 11 is 0. The molecule has 0 aliphatic carbocycles. The smallest absolute Gasteiger partial charge is 0.273 e. The molecule has 1 aromatic heterocycles. The standard InChI is InChI=1S/C17H19N3O/c21-17(20-13-5-6-14(20)11-18-9-8-13)16-15-4-2-1-3-12(15)7-10-19-16/h1-4,7,10,13-14,18H,5-6,8-9,11H2. The molecule has 2 bridgehead atoms. The molecule has 2 aliphatic rings. The third-order valence-electron chi connectivity index (χ3n) is 4.76. The molecule has 1 N–H and O–H groups in total. The molecule has 2 aromatic rings. The molecule has 0 radical (unpaired) electrons. The Morgan fingerprint density at radius 1 is 1.14 bits per heavy atom. The summed E-state index contributed by atoms with van der Waals surface area (Å²) in [6.07, 6.45) is 5.03. The van der Waals surface area contributed by atoms with Crippen molar-refractivity contribution in [1.29, 1.82) is 0 Å². The average Bonchev–Trinajstić information content (AvgIpc) is 2.79. The molecule has 2 saturated heterocycles. The molecule has 0 spiro atoms. The fourth-order valence-corrected chi connectivity index (χ4v) is 3.73. The van der Waals surface area contributed by atoms with Crippen molar-refractivity contribution in [1.82, 2.24) is 15.2 Å². The largest absolute Gasteiger partial charge is 0.330 e. The first-order valence-electron chi connectivity index (χ1n) is 7.72. The van der Waals surface area contributed by atoms with E-state index in [2.05, 4.69) is 15.2 Å². The minimum Gasteiger partial charge on any atom is -0.330 e. The van der Waals surface area contributed by atoms with E-state index in [9.17, 15) is 4.79 Å². The third kappa shape index (κ3) is 2.10. The van der Waals surface area contributed by atoms with Crippen LogP contribution < -0.4 is 5.32 Å². The number of carbonyl (C=O) groups excluding carboxylic acids is 1. The van der Waals surface area contributed by atoms with E-state index in [0.717, 1.165) is 43.1 Å². The van der Waals surface area contributed by atoms with Crippen LogP contribution in [-0.2, 0) is 0 Å². The van der Waals surface area contributed by atoms with Gasteiger partial charge in [0.1, 0.15) is 5.69 Å². The minimum absolute atomic E-state index is 0.100. The number of nitrogens with one attached hydrogen (secondary N) is 1. The van der Waals surface area contributed by atoms with Crippen LogP contribution in [0.1, 0.15) is 29.8 Å². The van der Waals surface area contributed by atoms with Crippen molar-refractivity contribution in [3.8, 4) is 0 Å². The van der Waals surface area contributed by atoms with Gasteiger partial charge in [0.25, 0.3) is 5.91 Å². The molecule has 108 valence electrons. The van der Waals surface area contributed by atoms with Crippen LogP contribution in [0, 0.1) is 0 Å². The highest BCUT2D eigenvalue weighted by atomic mass is 16.2. The van der Waals surface area contributed by atoms with Gasteiger partial charge in [0, 0.05) is 30.2 Å². The number of pyridine rings is 1. The number of hydrogen-bond donors (Lipinski definition) is 1. The molecule has 21 heavy (non-hydrogen) atoms. The van der Waals surface area contributed by atoms with Crippen LogP contribution in [0.25, 0.3) is 10.8 Å². The Bertz CT molecular complexity index is 665. The Labute approximate surface area is 124 Å². The lowest BCUT2D eigenvalue weighted by molar-refractivity contribution is 0.0676. The van der Waals surface area contributed by atoms with Gasteiger partial charge in [-0.1, -0.05) is 24.3 Å². The first-order valence-corrected chi connectivity index (χ1v) is 7.72. The maximum atomic E-state index is 13.1. The molecule has 0 saturated carbocycles. The number of hydrogen-bond acceptors (Lipinski definition) is 3. The van der Waals surface area contributed by atoms with Gasteiger partial charge < -0.3 is 10.2 Å². The highest BCUT2D eigenvalue weighted by molar-refractivity contribution is 6.05. The van der Waals surface area contributed by atoms with Crippen LogP contribution in [0.2, 0.25) is 0 Å². The highest BCUT2D eigenvalue weighted by Crippen LogP contribution is 2.30. The fraction of sp³-hybridized carbons (Fsp3) is 0.412. The lowest BCUT2D eigenvalue weighted by atomic mass is 10.1. The first kappa shape index (κ1) is 12.8. The number of benzene rings is 1. The zero-order chi connectivity index (χ0) is 14.2. The zero-order valence-corrected chi connectivity index (χ0v) is 12.0. The number of aromatic nitrogens is 1. The van der Waals surface area contributed by atoms with Gasteiger partial charge in [0.15, 0.2) is 0 Å². The minimum atomic E-state index is 0.100. The maximum absolute atomic E-state index is 13.1. The predicted molar refractivity (Wildman–Crippen MR) is 82.2 cm³/mol. The summed E-state index contributed by atoms with van der Waals surface area (Å²) in [6.45, 7) is 1.92. The van der Waals surface area contributed by atoms with Crippen molar-refractivity contribution >= 4 is 16.7 Å². The Kier molecular flexibility index (Phi) is 3.11. The second-order valence-corrected chi connectivity index (χ2v) is 5.97. The Morgan fingerprint density at radius 3 is 2.95 bits per heavy atom. The number of amides is 1. The fourth-order valence-electron chi connectivity index (χ4n) is 3.73. The Balaban J connectivity index is 1.76. The van der Waals surface area contributed by atoms with E-state index in [1.165, 1.54) is 0 Å². The van der Waals surface area contributed by atoms with Crippen LogP contribution in [0.15, 0.2) is 36.5 Å². The topological polar surface area (TPSA) is 45.2 Å². The molecule has 3 heterocycles. The summed E-state index contributed by atoms with van der Waals surface area (Å²) in [5.41, 5.74) is 0.604. The Morgan fingerprint density at radius 2 is 2.00 bits per heavy atom. The number of fused-ring (bicyclic) bond motifs is 3. The van der Waals surface area contributed by atoms with Crippen LogP contribution in [-0.4, -0.2) is 41.0 Å². The summed E-state index contributed by atoms with van der Waals surface area (Å²) in [6, 6.07) is 10.7. The van der Waals surface area contributed by atoms with Crippen LogP contribution >= 0.6 is 0 Å². The number of nitrogens with zero attached hydrogens (tertiary/aromatic N) is 2. The summed E-state index contributed by atoms with van der Waals surface area (Å²) in [7, 11) is 0. The Hall–Kier alpha value is -1.94. The third-order valence-corrected chi connectivity index (χ3v) is 4.76. The van der Waals surface area contributed by atoms with Crippen LogP contribution in [0.4, 0.5) is 0 Å². The van der Waals surface area contributed by atoms with E-state index in [1.807, 2.05) is 30.3 Å². The zero-order valence-electron chi connectivity index (χ0n) is 12.0. The van der Waals surface area contributed by atoms with E-state index in [0.29, 0.717) is 17.8 Å². The predicted octanol–water partition coefficient (Wildman–Crippen LogP) is 2.20. The van der Waals surface area contributed by atoms with Gasteiger partial charge in [-0.15, -0.1) is 0 Å². The molecule has 1 aromatic carbocycles. The molecule has 2 unspecified atom stereocenters. The van der Waals surface area contributed by atoms with Crippen molar-refractivity contribution < 1.29 is 4.79 Å². The van der Waals surface area contributed by atoms with E-state index < -0.39 is 0 Å². The quantitative estimate of drug-likeness (QED) is 0.871. The van der Waals surface area contributed by atoms with Gasteiger partial charge in [-0.25, -0.2) is 0 Å².